The first kappa shape index (κ1) is 11.9. The molecule has 0 amide bonds. The zero-order valence-corrected chi connectivity index (χ0v) is 8.89. The molecule has 0 aliphatic heterocycles. The fourth-order valence-electron chi connectivity index (χ4n) is 1.12. The Hall–Kier alpha value is -0.0800. The lowest BCUT2D eigenvalue weighted by atomic mass is 9.99. The Morgan fingerprint density at radius 1 is 1.33 bits per heavy atom. The van der Waals surface area contributed by atoms with Crippen LogP contribution < -0.4 is 5.73 Å². The first-order valence-electron chi connectivity index (χ1n) is 4.78. The molecule has 0 aromatic carbocycles. The van der Waals surface area contributed by atoms with Crippen molar-refractivity contribution in [3.63, 3.8) is 0 Å². The minimum absolute atomic E-state index is 0.0395. The largest absolute Gasteiger partial charge is 0.379 e. The number of rotatable bonds is 6. The highest BCUT2D eigenvalue weighted by molar-refractivity contribution is 4.67. The van der Waals surface area contributed by atoms with Gasteiger partial charge in [-0.1, -0.05) is 12.8 Å². The monoisotopic (exact) mass is 173 g/mol. The molecule has 2 nitrogen and oxygen atoms in total. The summed E-state index contributed by atoms with van der Waals surface area (Å²) in [5.74, 6) is 0. The highest BCUT2D eigenvalue weighted by Crippen LogP contribution is 2.17. The minimum atomic E-state index is 0.0395. The molecule has 0 aliphatic carbocycles. The van der Waals surface area contributed by atoms with Crippen molar-refractivity contribution >= 4 is 0 Å². The van der Waals surface area contributed by atoms with Crippen LogP contribution in [0, 0.1) is 0 Å². The lowest BCUT2D eigenvalue weighted by Crippen LogP contribution is -2.22. The average Bonchev–Trinajstić information content (AvgIpc) is 1.98. The van der Waals surface area contributed by atoms with E-state index >= 15 is 0 Å². The van der Waals surface area contributed by atoms with Crippen LogP contribution in [0.5, 0.6) is 0 Å². The summed E-state index contributed by atoms with van der Waals surface area (Å²) in [4.78, 5) is 0. The molecule has 0 heterocycles. The summed E-state index contributed by atoms with van der Waals surface area (Å²) in [5.41, 5.74) is 5.68. The maximum absolute atomic E-state index is 5.64. The molecule has 0 saturated carbocycles. The van der Waals surface area contributed by atoms with E-state index in [-0.39, 0.29) is 5.60 Å². The summed E-state index contributed by atoms with van der Waals surface area (Å²) in [7, 11) is 1.77. The molecule has 12 heavy (non-hydrogen) atoms. The van der Waals surface area contributed by atoms with E-state index in [9.17, 15) is 0 Å². The van der Waals surface area contributed by atoms with Gasteiger partial charge in [-0.2, -0.15) is 0 Å². The van der Waals surface area contributed by atoms with Gasteiger partial charge < -0.3 is 10.5 Å². The molecule has 0 aromatic rings. The molecule has 1 atom stereocenters. The Balaban J connectivity index is 3.31. The fraction of sp³-hybridized carbons (Fsp3) is 1.00. The third kappa shape index (κ3) is 6.62. The number of nitrogens with two attached hydrogens (primary N) is 1. The van der Waals surface area contributed by atoms with E-state index in [2.05, 4.69) is 20.8 Å². The molecule has 0 aliphatic rings. The van der Waals surface area contributed by atoms with E-state index in [1.54, 1.807) is 7.11 Å². The van der Waals surface area contributed by atoms with Crippen LogP contribution in [-0.2, 0) is 4.74 Å². The van der Waals surface area contributed by atoms with Crippen molar-refractivity contribution in [1.82, 2.24) is 0 Å². The quantitative estimate of drug-likeness (QED) is 0.626. The van der Waals surface area contributed by atoms with Crippen LogP contribution >= 0.6 is 0 Å². The number of hydrogen-bond acceptors (Lipinski definition) is 2. The maximum Gasteiger partial charge on any atom is 0.0622 e. The molecule has 0 rings (SSSR count). The van der Waals surface area contributed by atoms with Crippen LogP contribution in [0.3, 0.4) is 0 Å². The highest BCUT2D eigenvalue weighted by atomic mass is 16.5. The van der Waals surface area contributed by atoms with Gasteiger partial charge in [0.05, 0.1) is 5.60 Å². The molecular formula is C10H23NO. The molecule has 0 fully saturated rings. The number of hydrogen-bond donors (Lipinski definition) is 1. The molecule has 0 spiro atoms. The van der Waals surface area contributed by atoms with E-state index < -0.39 is 0 Å². The second kappa shape index (κ2) is 5.55. The van der Waals surface area contributed by atoms with Crippen LogP contribution in [0.15, 0.2) is 0 Å². The van der Waals surface area contributed by atoms with Gasteiger partial charge in [-0.15, -0.1) is 0 Å². The Kier molecular flexibility index (Phi) is 5.51. The Morgan fingerprint density at radius 3 is 2.33 bits per heavy atom. The summed E-state index contributed by atoms with van der Waals surface area (Å²) in [6.45, 7) is 6.30. The number of unbranched alkanes of at least 4 members (excludes halogenated alkanes) is 1. The molecule has 0 saturated heterocycles. The summed E-state index contributed by atoms with van der Waals surface area (Å²) >= 11 is 0. The van der Waals surface area contributed by atoms with Gasteiger partial charge in [-0.25, -0.2) is 0 Å². The maximum atomic E-state index is 5.64. The Labute approximate surface area is 76.5 Å². The zero-order chi connectivity index (χ0) is 9.61. The standard InChI is InChI=1S/C10H23NO/c1-9(11)7-5-6-8-10(2,3)12-4/h9H,5-8,11H2,1-4H3. The Bertz CT molecular complexity index is 110. The van der Waals surface area contributed by atoms with E-state index in [0.29, 0.717) is 6.04 Å². The SMILES string of the molecule is COC(C)(C)CCCCC(C)N. The topological polar surface area (TPSA) is 35.2 Å². The second-order valence-corrected chi connectivity index (χ2v) is 4.19. The van der Waals surface area contributed by atoms with Gasteiger partial charge in [0, 0.05) is 13.2 Å². The van der Waals surface area contributed by atoms with Gasteiger partial charge in [0.15, 0.2) is 0 Å². The van der Waals surface area contributed by atoms with E-state index in [0.717, 1.165) is 12.8 Å². The van der Waals surface area contributed by atoms with E-state index in [4.69, 9.17) is 10.5 Å². The smallest absolute Gasteiger partial charge is 0.0622 e. The van der Waals surface area contributed by atoms with Crippen LogP contribution in [0.4, 0.5) is 0 Å². The average molecular weight is 173 g/mol. The second-order valence-electron chi connectivity index (χ2n) is 4.19. The van der Waals surface area contributed by atoms with Gasteiger partial charge in [0.25, 0.3) is 0 Å². The Morgan fingerprint density at radius 2 is 1.92 bits per heavy atom. The van der Waals surface area contributed by atoms with Crippen LogP contribution in [0.2, 0.25) is 0 Å². The predicted molar refractivity (Wildman–Crippen MR) is 53.2 cm³/mol. The van der Waals surface area contributed by atoms with Crippen LogP contribution in [0.1, 0.15) is 46.5 Å². The summed E-state index contributed by atoms with van der Waals surface area (Å²) in [6, 6.07) is 0.343. The molecule has 1 unspecified atom stereocenters. The lowest BCUT2D eigenvalue weighted by Gasteiger charge is -2.22. The minimum Gasteiger partial charge on any atom is -0.379 e. The molecule has 0 radical (unpaired) electrons. The normalized spacial score (nSPS) is 14.8. The molecule has 74 valence electrons. The third-order valence-corrected chi connectivity index (χ3v) is 2.24. The lowest BCUT2D eigenvalue weighted by molar-refractivity contribution is 0.0133. The van der Waals surface area contributed by atoms with Crippen molar-refractivity contribution in [3.8, 4) is 0 Å². The van der Waals surface area contributed by atoms with E-state index in [1.807, 2.05) is 0 Å². The fourth-order valence-corrected chi connectivity index (χ4v) is 1.12. The number of methoxy groups -OCH3 is 1. The van der Waals surface area contributed by atoms with Crippen LogP contribution in [0.25, 0.3) is 0 Å². The van der Waals surface area contributed by atoms with Gasteiger partial charge in [0.1, 0.15) is 0 Å². The zero-order valence-electron chi connectivity index (χ0n) is 8.89. The molecule has 0 bridgehead atoms. The summed E-state index contributed by atoms with van der Waals surface area (Å²) in [5, 5.41) is 0. The van der Waals surface area contributed by atoms with Crippen molar-refractivity contribution in [3.05, 3.63) is 0 Å². The van der Waals surface area contributed by atoms with Gasteiger partial charge in [-0.3, -0.25) is 0 Å². The first-order valence-corrected chi connectivity index (χ1v) is 4.78. The molecule has 2 heteroatoms. The van der Waals surface area contributed by atoms with Gasteiger partial charge >= 0.3 is 0 Å². The van der Waals surface area contributed by atoms with E-state index in [1.165, 1.54) is 12.8 Å². The molecule has 2 N–H and O–H groups in total. The first-order chi connectivity index (χ1) is 5.48. The third-order valence-electron chi connectivity index (χ3n) is 2.24. The summed E-state index contributed by atoms with van der Waals surface area (Å²) in [6.07, 6.45) is 4.67. The van der Waals surface area contributed by atoms with Crippen molar-refractivity contribution in [2.45, 2.75) is 58.1 Å². The number of ether oxygens (including phenoxy) is 1. The van der Waals surface area contributed by atoms with Crippen molar-refractivity contribution in [2.24, 2.45) is 5.73 Å². The predicted octanol–water partition coefficient (Wildman–Crippen LogP) is 2.32. The van der Waals surface area contributed by atoms with Crippen molar-refractivity contribution in [1.29, 1.82) is 0 Å². The molecular weight excluding hydrogens is 150 g/mol. The van der Waals surface area contributed by atoms with Crippen molar-refractivity contribution < 1.29 is 4.74 Å². The summed E-state index contributed by atoms with van der Waals surface area (Å²) < 4.78 is 5.31. The van der Waals surface area contributed by atoms with Crippen LogP contribution in [-0.4, -0.2) is 18.8 Å². The highest BCUT2D eigenvalue weighted by Gasteiger charge is 2.14. The molecule has 0 aromatic heterocycles. The van der Waals surface area contributed by atoms with Gasteiger partial charge in [-0.05, 0) is 33.6 Å². The van der Waals surface area contributed by atoms with Gasteiger partial charge in [0.2, 0.25) is 0 Å². The van der Waals surface area contributed by atoms with Crippen molar-refractivity contribution in [2.75, 3.05) is 7.11 Å².